The van der Waals surface area contributed by atoms with Crippen LogP contribution in [0.15, 0.2) is 28.7 Å². The third-order valence-corrected chi connectivity index (χ3v) is 3.29. The van der Waals surface area contributed by atoms with E-state index in [2.05, 4.69) is 28.1 Å². The molecule has 0 N–H and O–H groups in total. The third-order valence-electron chi connectivity index (χ3n) is 1.69. The molecule has 76 valence electrons. The van der Waals surface area contributed by atoms with Crippen molar-refractivity contribution in [2.45, 2.75) is 6.42 Å². The fraction of sp³-hybridized carbons (Fsp3) is 0.300. The molecule has 0 fully saturated rings. The molecule has 0 saturated carbocycles. The quantitative estimate of drug-likeness (QED) is 0.787. The molecule has 1 aromatic carbocycles. The lowest BCUT2D eigenvalue weighted by Gasteiger charge is -2.04. The Kier molecular flexibility index (Phi) is 5.52. The molecule has 4 heteroatoms. The van der Waals surface area contributed by atoms with E-state index < -0.39 is 0 Å². The van der Waals surface area contributed by atoms with Crippen molar-refractivity contribution in [2.24, 2.45) is 0 Å². The Hall–Kier alpha value is -0.0600. The highest BCUT2D eigenvalue weighted by Gasteiger charge is 1.96. The molecule has 0 aliphatic rings. The molecule has 0 heterocycles. The monoisotopic (exact) mass is 290 g/mol. The Bertz CT molecular complexity index is 297. The maximum absolute atomic E-state index is 5.31. The molecule has 0 atom stereocenters. The minimum absolute atomic E-state index is 0.613. The minimum Gasteiger partial charge on any atom is -0.478 e. The van der Waals surface area contributed by atoms with E-state index in [4.69, 9.17) is 17.0 Å². The molecule has 14 heavy (non-hydrogen) atoms. The van der Waals surface area contributed by atoms with Crippen LogP contribution in [0.3, 0.4) is 0 Å². The Morgan fingerprint density at radius 2 is 2.07 bits per heavy atom. The van der Waals surface area contributed by atoms with Gasteiger partial charge in [-0.05, 0) is 36.2 Å². The summed E-state index contributed by atoms with van der Waals surface area (Å²) in [5.41, 5.74) is 1.26. The summed E-state index contributed by atoms with van der Waals surface area (Å²) < 4.78 is 7.02. The van der Waals surface area contributed by atoms with Crippen molar-refractivity contribution in [2.75, 3.05) is 12.9 Å². The van der Waals surface area contributed by atoms with Gasteiger partial charge in [-0.1, -0.05) is 39.8 Å². The molecule has 1 rings (SSSR count). The Balaban J connectivity index is 2.31. The van der Waals surface area contributed by atoms with Gasteiger partial charge in [0.25, 0.3) is 0 Å². The van der Waals surface area contributed by atoms with Crippen molar-refractivity contribution < 1.29 is 4.74 Å². The van der Waals surface area contributed by atoms with Crippen molar-refractivity contribution in [3.63, 3.8) is 0 Å². The van der Waals surface area contributed by atoms with Crippen molar-refractivity contribution >= 4 is 44.3 Å². The van der Waals surface area contributed by atoms with Gasteiger partial charge in [-0.2, -0.15) is 0 Å². The molecule has 0 unspecified atom stereocenters. The molecule has 0 spiro atoms. The van der Waals surface area contributed by atoms with Crippen LogP contribution in [0.5, 0.6) is 0 Å². The van der Waals surface area contributed by atoms with Crippen molar-refractivity contribution in [1.29, 1.82) is 0 Å². The highest BCUT2D eigenvalue weighted by Crippen LogP contribution is 2.11. The number of benzene rings is 1. The summed E-state index contributed by atoms with van der Waals surface area (Å²) in [6, 6.07) is 8.22. The van der Waals surface area contributed by atoms with E-state index in [0.29, 0.717) is 11.0 Å². The first-order chi connectivity index (χ1) is 6.72. The predicted octanol–water partition coefficient (Wildman–Crippen LogP) is 3.66. The second-order valence-electron chi connectivity index (χ2n) is 2.68. The summed E-state index contributed by atoms with van der Waals surface area (Å²) in [7, 11) is 0. The van der Waals surface area contributed by atoms with Gasteiger partial charge in [-0.25, -0.2) is 0 Å². The summed E-state index contributed by atoms with van der Waals surface area (Å²) in [6.45, 7) is 0.654. The minimum atomic E-state index is 0.613. The highest BCUT2D eigenvalue weighted by atomic mass is 79.9. The van der Waals surface area contributed by atoms with Gasteiger partial charge < -0.3 is 4.74 Å². The average molecular weight is 291 g/mol. The SMILES string of the molecule is CSC(=S)OCCc1ccc(Br)cc1. The molecular formula is C10H11BrOS2. The van der Waals surface area contributed by atoms with Gasteiger partial charge in [-0.15, -0.1) is 0 Å². The molecule has 0 bridgehead atoms. The van der Waals surface area contributed by atoms with Crippen LogP contribution in [-0.2, 0) is 11.2 Å². The van der Waals surface area contributed by atoms with Crippen LogP contribution in [-0.4, -0.2) is 17.2 Å². The number of halogens is 1. The summed E-state index contributed by atoms with van der Waals surface area (Å²) in [4.78, 5) is 0. The maximum atomic E-state index is 5.31. The fourth-order valence-electron chi connectivity index (χ4n) is 0.962. The maximum Gasteiger partial charge on any atom is 0.219 e. The summed E-state index contributed by atoms with van der Waals surface area (Å²) >= 11 is 9.78. The third kappa shape index (κ3) is 4.44. The molecule has 1 nitrogen and oxygen atoms in total. The van der Waals surface area contributed by atoms with E-state index in [1.165, 1.54) is 17.3 Å². The predicted molar refractivity (Wildman–Crippen MR) is 69.9 cm³/mol. The smallest absolute Gasteiger partial charge is 0.219 e. The van der Waals surface area contributed by atoms with Crippen molar-refractivity contribution in [1.82, 2.24) is 0 Å². The van der Waals surface area contributed by atoms with Crippen LogP contribution in [0, 0.1) is 0 Å². The van der Waals surface area contributed by atoms with Gasteiger partial charge in [-0.3, -0.25) is 0 Å². The zero-order valence-electron chi connectivity index (χ0n) is 7.83. The van der Waals surface area contributed by atoms with Crippen LogP contribution in [0.1, 0.15) is 5.56 Å². The van der Waals surface area contributed by atoms with Gasteiger partial charge in [0.15, 0.2) is 0 Å². The lowest BCUT2D eigenvalue weighted by molar-refractivity contribution is 0.327. The van der Waals surface area contributed by atoms with Gasteiger partial charge in [0.05, 0.1) is 6.61 Å². The van der Waals surface area contributed by atoms with Crippen LogP contribution in [0.25, 0.3) is 0 Å². The van der Waals surface area contributed by atoms with Crippen molar-refractivity contribution in [3.8, 4) is 0 Å². The largest absolute Gasteiger partial charge is 0.478 e. The molecule has 0 radical (unpaired) electrons. The van der Waals surface area contributed by atoms with Gasteiger partial charge >= 0.3 is 0 Å². The fourth-order valence-corrected chi connectivity index (χ4v) is 1.51. The standard InChI is InChI=1S/C10H11BrOS2/c1-14-10(13)12-7-6-8-2-4-9(11)5-3-8/h2-5H,6-7H2,1H3. The summed E-state index contributed by atoms with van der Waals surface area (Å²) in [5.74, 6) is 0. The summed E-state index contributed by atoms with van der Waals surface area (Å²) in [5, 5.41) is 0. The van der Waals surface area contributed by atoms with Crippen molar-refractivity contribution in [3.05, 3.63) is 34.3 Å². The zero-order chi connectivity index (χ0) is 10.4. The molecule has 0 aliphatic heterocycles. The van der Waals surface area contributed by atoms with E-state index in [-0.39, 0.29) is 0 Å². The number of hydrogen-bond acceptors (Lipinski definition) is 3. The topological polar surface area (TPSA) is 9.23 Å². The molecule has 0 amide bonds. The van der Waals surface area contributed by atoms with Crippen LogP contribution < -0.4 is 0 Å². The second-order valence-corrected chi connectivity index (χ2v) is 5.00. The van der Waals surface area contributed by atoms with E-state index in [1.807, 2.05) is 18.4 Å². The zero-order valence-corrected chi connectivity index (χ0v) is 11.0. The normalized spacial score (nSPS) is 9.86. The lowest BCUT2D eigenvalue weighted by atomic mass is 10.2. The van der Waals surface area contributed by atoms with E-state index in [9.17, 15) is 0 Å². The first-order valence-electron chi connectivity index (χ1n) is 4.17. The molecule has 0 saturated heterocycles. The molecular weight excluding hydrogens is 280 g/mol. The molecule has 1 aromatic rings. The average Bonchev–Trinajstić information content (AvgIpc) is 2.21. The first kappa shape index (κ1) is 12.0. The number of thiocarbonyl (C=S) groups is 1. The van der Waals surface area contributed by atoms with E-state index in [0.717, 1.165) is 10.9 Å². The van der Waals surface area contributed by atoms with Gasteiger partial charge in [0, 0.05) is 10.9 Å². The summed E-state index contributed by atoms with van der Waals surface area (Å²) in [6.07, 6.45) is 2.82. The second kappa shape index (κ2) is 6.43. The molecule has 0 aromatic heterocycles. The number of rotatable bonds is 3. The number of ether oxygens (including phenoxy) is 1. The Labute approximate surface area is 102 Å². The van der Waals surface area contributed by atoms with Gasteiger partial charge in [0.2, 0.25) is 4.38 Å². The Morgan fingerprint density at radius 1 is 1.43 bits per heavy atom. The van der Waals surface area contributed by atoms with E-state index >= 15 is 0 Å². The lowest BCUT2D eigenvalue weighted by Crippen LogP contribution is -2.01. The number of hydrogen-bond donors (Lipinski definition) is 0. The van der Waals surface area contributed by atoms with Crippen LogP contribution in [0.2, 0.25) is 0 Å². The molecule has 0 aliphatic carbocycles. The number of thioether (sulfide) groups is 1. The van der Waals surface area contributed by atoms with Crippen LogP contribution >= 0.6 is 39.9 Å². The van der Waals surface area contributed by atoms with Crippen LogP contribution in [0.4, 0.5) is 0 Å². The first-order valence-corrected chi connectivity index (χ1v) is 6.60. The van der Waals surface area contributed by atoms with Gasteiger partial charge in [0.1, 0.15) is 0 Å². The highest BCUT2D eigenvalue weighted by molar-refractivity contribution is 9.10. The van der Waals surface area contributed by atoms with E-state index in [1.54, 1.807) is 0 Å². The Morgan fingerprint density at radius 3 is 2.64 bits per heavy atom.